The number of unbranched alkanes of at least 4 members (excludes halogenated alkanes) is 3. The lowest BCUT2D eigenvalue weighted by molar-refractivity contribution is -0.137. The fourth-order valence-electron chi connectivity index (χ4n) is 1.95. The van der Waals surface area contributed by atoms with Gasteiger partial charge < -0.3 is 10.4 Å². The highest BCUT2D eigenvalue weighted by molar-refractivity contribution is 5.94. The number of amides is 1. The Bertz CT molecular complexity index is 426. The molecule has 0 aromatic heterocycles. The zero-order valence-corrected chi connectivity index (χ0v) is 12.0. The van der Waals surface area contributed by atoms with Gasteiger partial charge in [0.05, 0.1) is 0 Å². The Morgan fingerprint density at radius 1 is 1.05 bits per heavy atom. The summed E-state index contributed by atoms with van der Waals surface area (Å²) >= 11 is 0. The summed E-state index contributed by atoms with van der Waals surface area (Å²) in [4.78, 5) is 22.2. The van der Waals surface area contributed by atoms with Gasteiger partial charge in [-0.25, -0.2) is 0 Å². The summed E-state index contributed by atoms with van der Waals surface area (Å²) in [6.45, 7) is 2.72. The number of carbonyl (C=O) groups is 2. The molecule has 0 unspecified atom stereocenters. The number of carboxylic acids is 1. The normalized spacial score (nSPS) is 10.2. The molecule has 0 fully saturated rings. The summed E-state index contributed by atoms with van der Waals surface area (Å²) in [5, 5.41) is 11.4. The Kier molecular flexibility index (Phi) is 7.40. The highest BCUT2D eigenvalue weighted by atomic mass is 16.4. The van der Waals surface area contributed by atoms with Crippen molar-refractivity contribution in [2.24, 2.45) is 0 Å². The first-order valence-corrected chi connectivity index (χ1v) is 7.22. The molecule has 0 heterocycles. The lowest BCUT2D eigenvalue weighted by Crippen LogP contribution is -2.24. The third-order valence-electron chi connectivity index (χ3n) is 3.23. The number of carbonyl (C=O) groups excluding carboxylic acids is 1. The van der Waals surface area contributed by atoms with Crippen molar-refractivity contribution >= 4 is 11.9 Å². The second kappa shape index (κ2) is 9.13. The molecule has 1 aromatic carbocycles. The number of hydrogen-bond donors (Lipinski definition) is 2. The van der Waals surface area contributed by atoms with E-state index in [-0.39, 0.29) is 12.3 Å². The topological polar surface area (TPSA) is 66.4 Å². The monoisotopic (exact) mass is 277 g/mol. The van der Waals surface area contributed by atoms with Crippen molar-refractivity contribution in [1.82, 2.24) is 5.32 Å². The number of nitrogens with one attached hydrogen (secondary N) is 1. The van der Waals surface area contributed by atoms with Crippen LogP contribution in [0.1, 0.15) is 54.9 Å². The number of hydrogen-bond acceptors (Lipinski definition) is 2. The van der Waals surface area contributed by atoms with Gasteiger partial charge in [0.1, 0.15) is 0 Å². The van der Waals surface area contributed by atoms with Gasteiger partial charge in [0.25, 0.3) is 5.91 Å². The molecule has 4 nitrogen and oxygen atoms in total. The van der Waals surface area contributed by atoms with Crippen LogP contribution >= 0.6 is 0 Å². The number of carboxylic acid groups (broad SMARTS) is 1. The van der Waals surface area contributed by atoms with E-state index in [0.29, 0.717) is 18.5 Å². The molecule has 1 rings (SSSR count). The molecular weight excluding hydrogens is 254 g/mol. The molecule has 0 aliphatic rings. The van der Waals surface area contributed by atoms with Gasteiger partial charge in [-0.3, -0.25) is 9.59 Å². The van der Waals surface area contributed by atoms with Gasteiger partial charge >= 0.3 is 5.97 Å². The fourth-order valence-corrected chi connectivity index (χ4v) is 1.95. The molecule has 0 saturated heterocycles. The van der Waals surface area contributed by atoms with Crippen molar-refractivity contribution in [3.8, 4) is 0 Å². The van der Waals surface area contributed by atoms with Crippen LogP contribution in [0.25, 0.3) is 0 Å². The minimum atomic E-state index is -0.742. The second-order valence-corrected chi connectivity index (χ2v) is 4.86. The van der Waals surface area contributed by atoms with Crippen molar-refractivity contribution in [3.05, 3.63) is 35.4 Å². The third-order valence-corrected chi connectivity index (χ3v) is 3.23. The van der Waals surface area contributed by atoms with Crippen LogP contribution in [0.2, 0.25) is 0 Å². The SMILES string of the molecule is CCc1ccc(C(=O)NCCCCCCC(=O)O)cc1. The van der Waals surface area contributed by atoms with Crippen LogP contribution in [0, 0.1) is 0 Å². The predicted molar refractivity (Wildman–Crippen MR) is 78.9 cm³/mol. The smallest absolute Gasteiger partial charge is 0.303 e. The van der Waals surface area contributed by atoms with Crippen molar-refractivity contribution in [2.45, 2.75) is 45.4 Å². The molecule has 0 aliphatic carbocycles. The molecule has 110 valence electrons. The molecule has 0 saturated carbocycles. The van der Waals surface area contributed by atoms with Crippen LogP contribution in [0.15, 0.2) is 24.3 Å². The highest BCUT2D eigenvalue weighted by Gasteiger charge is 2.04. The average molecular weight is 277 g/mol. The van der Waals surface area contributed by atoms with E-state index in [0.717, 1.165) is 25.7 Å². The molecule has 0 spiro atoms. The minimum absolute atomic E-state index is 0.0433. The van der Waals surface area contributed by atoms with Gasteiger partial charge in [0.2, 0.25) is 0 Å². The summed E-state index contributed by atoms with van der Waals surface area (Å²) < 4.78 is 0. The van der Waals surface area contributed by atoms with Crippen molar-refractivity contribution in [3.63, 3.8) is 0 Å². The van der Waals surface area contributed by atoms with Crippen LogP contribution in [0.4, 0.5) is 0 Å². The Labute approximate surface area is 120 Å². The highest BCUT2D eigenvalue weighted by Crippen LogP contribution is 2.05. The van der Waals surface area contributed by atoms with E-state index in [9.17, 15) is 9.59 Å². The quantitative estimate of drug-likeness (QED) is 0.682. The van der Waals surface area contributed by atoms with E-state index in [4.69, 9.17) is 5.11 Å². The molecule has 0 atom stereocenters. The number of aliphatic carboxylic acids is 1. The number of benzene rings is 1. The zero-order chi connectivity index (χ0) is 14.8. The van der Waals surface area contributed by atoms with E-state index >= 15 is 0 Å². The summed E-state index contributed by atoms with van der Waals surface area (Å²) in [6.07, 6.45) is 4.64. The third kappa shape index (κ3) is 6.36. The van der Waals surface area contributed by atoms with Gasteiger partial charge in [-0.1, -0.05) is 31.9 Å². The predicted octanol–water partition coefficient (Wildman–Crippen LogP) is 3.01. The van der Waals surface area contributed by atoms with Crippen LogP contribution < -0.4 is 5.32 Å². The molecular formula is C16H23NO3. The first-order valence-electron chi connectivity index (χ1n) is 7.22. The molecule has 1 aromatic rings. The molecule has 0 radical (unpaired) electrons. The van der Waals surface area contributed by atoms with Gasteiger partial charge in [-0.15, -0.1) is 0 Å². The maximum atomic E-state index is 11.8. The van der Waals surface area contributed by atoms with E-state index in [1.165, 1.54) is 5.56 Å². The Hall–Kier alpha value is -1.84. The van der Waals surface area contributed by atoms with Crippen LogP contribution in [0.5, 0.6) is 0 Å². The first kappa shape index (κ1) is 16.2. The van der Waals surface area contributed by atoms with Gasteiger partial charge in [-0.05, 0) is 37.0 Å². The van der Waals surface area contributed by atoms with Crippen molar-refractivity contribution in [2.75, 3.05) is 6.54 Å². The maximum Gasteiger partial charge on any atom is 0.303 e. The molecule has 0 bridgehead atoms. The minimum Gasteiger partial charge on any atom is -0.481 e. The zero-order valence-electron chi connectivity index (χ0n) is 12.0. The second-order valence-electron chi connectivity index (χ2n) is 4.86. The van der Waals surface area contributed by atoms with Crippen molar-refractivity contribution < 1.29 is 14.7 Å². The lowest BCUT2D eigenvalue weighted by Gasteiger charge is -2.05. The summed E-state index contributed by atoms with van der Waals surface area (Å²) in [5.74, 6) is -0.785. The summed E-state index contributed by atoms with van der Waals surface area (Å²) in [7, 11) is 0. The molecule has 4 heteroatoms. The van der Waals surface area contributed by atoms with E-state index in [1.54, 1.807) is 0 Å². The standard InChI is InChI=1S/C16H23NO3/c1-2-13-8-10-14(11-9-13)16(20)17-12-6-4-3-5-7-15(18)19/h8-11H,2-7,12H2,1H3,(H,17,20)(H,18,19). The molecule has 2 N–H and O–H groups in total. The maximum absolute atomic E-state index is 11.8. The Morgan fingerprint density at radius 2 is 1.70 bits per heavy atom. The fraction of sp³-hybridized carbons (Fsp3) is 0.500. The van der Waals surface area contributed by atoms with E-state index < -0.39 is 5.97 Å². The van der Waals surface area contributed by atoms with Crippen molar-refractivity contribution in [1.29, 1.82) is 0 Å². The van der Waals surface area contributed by atoms with E-state index in [2.05, 4.69) is 12.2 Å². The number of rotatable bonds is 9. The lowest BCUT2D eigenvalue weighted by atomic mass is 10.1. The summed E-state index contributed by atoms with van der Waals surface area (Å²) in [6, 6.07) is 7.64. The van der Waals surface area contributed by atoms with Crippen LogP contribution in [-0.2, 0) is 11.2 Å². The average Bonchev–Trinajstić information content (AvgIpc) is 2.45. The van der Waals surface area contributed by atoms with Gasteiger partial charge in [0, 0.05) is 18.5 Å². The first-order chi connectivity index (χ1) is 9.63. The van der Waals surface area contributed by atoms with Gasteiger partial charge in [0.15, 0.2) is 0 Å². The number of aryl methyl sites for hydroxylation is 1. The largest absolute Gasteiger partial charge is 0.481 e. The van der Waals surface area contributed by atoms with Crippen LogP contribution in [0.3, 0.4) is 0 Å². The van der Waals surface area contributed by atoms with Gasteiger partial charge in [-0.2, -0.15) is 0 Å². The van der Waals surface area contributed by atoms with Crippen LogP contribution in [-0.4, -0.2) is 23.5 Å². The molecule has 0 aliphatic heterocycles. The summed E-state index contributed by atoms with van der Waals surface area (Å²) in [5.41, 5.74) is 1.91. The van der Waals surface area contributed by atoms with E-state index in [1.807, 2.05) is 24.3 Å². The Balaban J connectivity index is 2.14. The molecule has 20 heavy (non-hydrogen) atoms. The Morgan fingerprint density at radius 3 is 2.30 bits per heavy atom. The molecule has 1 amide bonds.